The number of carbonyl (C=O) groups is 2. The van der Waals surface area contributed by atoms with E-state index in [4.69, 9.17) is 5.73 Å². The van der Waals surface area contributed by atoms with Crippen molar-refractivity contribution >= 4 is 23.3 Å². The molecule has 7 nitrogen and oxygen atoms in total. The number of carbonyl (C=O) groups excluding carboxylic acids is 2. The topological polar surface area (TPSA) is 117 Å². The van der Waals surface area contributed by atoms with E-state index in [9.17, 15) is 23.5 Å². The molecule has 160 valence electrons. The fourth-order valence-electron chi connectivity index (χ4n) is 3.10. The number of nitrogens with zero attached hydrogens (tertiary/aromatic N) is 1. The minimum Gasteiger partial charge on any atom is -0.383 e. The Bertz CT molecular complexity index is 1150. The van der Waals surface area contributed by atoms with Gasteiger partial charge in [-0.05, 0) is 53.9 Å². The molecule has 0 aliphatic carbocycles. The number of hydrogen-bond donors (Lipinski definition) is 4. The van der Waals surface area contributed by atoms with Crippen molar-refractivity contribution in [2.45, 2.75) is 13.0 Å². The summed E-state index contributed by atoms with van der Waals surface area (Å²) in [5, 5.41) is 15.1. The molecule has 3 rings (SSSR count). The molecule has 1 aromatic heterocycles. The number of amides is 2. The second-order valence-corrected chi connectivity index (χ2v) is 6.86. The Hall–Kier alpha value is -3.85. The molecule has 5 N–H and O–H groups in total. The highest BCUT2D eigenvalue weighted by molar-refractivity contribution is 5.99. The van der Waals surface area contributed by atoms with Crippen molar-refractivity contribution in [2.24, 2.45) is 0 Å². The smallest absolute Gasteiger partial charge is 0.257 e. The van der Waals surface area contributed by atoms with Gasteiger partial charge in [-0.25, -0.2) is 13.8 Å². The van der Waals surface area contributed by atoms with Crippen molar-refractivity contribution in [3.63, 3.8) is 0 Å². The van der Waals surface area contributed by atoms with Crippen molar-refractivity contribution in [2.75, 3.05) is 18.1 Å². The highest BCUT2D eigenvalue weighted by Crippen LogP contribution is 2.28. The predicted molar refractivity (Wildman–Crippen MR) is 112 cm³/mol. The van der Waals surface area contributed by atoms with Crippen LogP contribution in [0, 0.1) is 18.6 Å². The molecule has 0 aliphatic rings. The van der Waals surface area contributed by atoms with Crippen LogP contribution in [0.15, 0.2) is 48.7 Å². The van der Waals surface area contributed by atoms with Crippen molar-refractivity contribution in [3.05, 3.63) is 77.0 Å². The van der Waals surface area contributed by atoms with Crippen molar-refractivity contribution in [1.29, 1.82) is 0 Å². The normalized spacial score (nSPS) is 11.6. The summed E-state index contributed by atoms with van der Waals surface area (Å²) in [6.07, 6.45) is -0.216. The van der Waals surface area contributed by atoms with Gasteiger partial charge in [0.1, 0.15) is 17.5 Å². The number of benzene rings is 2. The maximum atomic E-state index is 13.3. The summed E-state index contributed by atoms with van der Waals surface area (Å²) in [5.41, 5.74) is 8.33. The first-order valence-corrected chi connectivity index (χ1v) is 9.23. The monoisotopic (exact) mass is 426 g/mol. The van der Waals surface area contributed by atoms with Crippen LogP contribution in [-0.2, 0) is 4.79 Å². The SMILES string of the molecule is CNC(=O)c1cc(-c2ccc(NC(=O)[C@H](O)c3cc(F)cc(F)c3)cc2C)cnc1N. The molecular weight excluding hydrogens is 406 g/mol. The largest absolute Gasteiger partial charge is 0.383 e. The minimum atomic E-state index is -1.75. The Balaban J connectivity index is 1.82. The average Bonchev–Trinajstić information content (AvgIpc) is 2.72. The van der Waals surface area contributed by atoms with Gasteiger partial charge >= 0.3 is 0 Å². The van der Waals surface area contributed by atoms with E-state index in [1.54, 1.807) is 31.2 Å². The summed E-state index contributed by atoms with van der Waals surface area (Å²) >= 11 is 0. The van der Waals surface area contributed by atoms with E-state index >= 15 is 0 Å². The number of rotatable bonds is 5. The van der Waals surface area contributed by atoms with Gasteiger partial charge in [0.2, 0.25) is 0 Å². The number of aliphatic hydroxyl groups excluding tert-OH is 1. The Labute approximate surface area is 176 Å². The molecule has 0 fully saturated rings. The number of aliphatic hydroxyl groups is 1. The lowest BCUT2D eigenvalue weighted by Gasteiger charge is -2.14. The summed E-state index contributed by atoms with van der Waals surface area (Å²) in [6, 6.07) is 9.00. The predicted octanol–water partition coefficient (Wildman–Crippen LogP) is 2.95. The first-order valence-electron chi connectivity index (χ1n) is 9.23. The van der Waals surface area contributed by atoms with E-state index in [2.05, 4.69) is 15.6 Å². The van der Waals surface area contributed by atoms with Gasteiger partial charge in [0.05, 0.1) is 5.56 Å². The summed E-state index contributed by atoms with van der Waals surface area (Å²) in [6.45, 7) is 1.79. The molecule has 2 aromatic carbocycles. The maximum Gasteiger partial charge on any atom is 0.257 e. The molecule has 0 unspecified atom stereocenters. The minimum absolute atomic E-state index is 0.104. The van der Waals surface area contributed by atoms with E-state index in [-0.39, 0.29) is 22.9 Å². The maximum absolute atomic E-state index is 13.3. The van der Waals surface area contributed by atoms with Gasteiger partial charge < -0.3 is 21.5 Å². The number of nitrogens with one attached hydrogen (secondary N) is 2. The van der Waals surface area contributed by atoms with E-state index in [0.717, 1.165) is 23.3 Å². The van der Waals surface area contributed by atoms with Crippen molar-refractivity contribution in [3.8, 4) is 11.1 Å². The van der Waals surface area contributed by atoms with Crippen LogP contribution in [0.25, 0.3) is 11.1 Å². The highest BCUT2D eigenvalue weighted by atomic mass is 19.1. The molecule has 9 heteroatoms. The third-order valence-electron chi connectivity index (χ3n) is 4.64. The number of hydrogen-bond acceptors (Lipinski definition) is 5. The van der Waals surface area contributed by atoms with Crippen molar-refractivity contribution in [1.82, 2.24) is 10.3 Å². The standard InChI is InChI=1S/C22H20F2N4O3/c1-11-5-16(28-22(31)19(29)12-6-14(23)9-15(24)7-12)3-4-17(11)13-8-18(21(30)26-2)20(25)27-10-13/h3-10,19,29H,1-2H3,(H2,25,27)(H,26,30)(H,28,31)/t19-/m1/s1. The molecule has 0 saturated heterocycles. The first-order chi connectivity index (χ1) is 14.7. The average molecular weight is 426 g/mol. The molecule has 1 heterocycles. The Kier molecular flexibility index (Phi) is 6.26. The van der Waals surface area contributed by atoms with Crippen LogP contribution in [0.4, 0.5) is 20.3 Å². The zero-order chi connectivity index (χ0) is 22.7. The van der Waals surface area contributed by atoms with Gasteiger partial charge in [-0.2, -0.15) is 0 Å². The van der Waals surface area contributed by atoms with Crippen molar-refractivity contribution < 1.29 is 23.5 Å². The molecule has 1 atom stereocenters. The van der Waals surface area contributed by atoms with Crippen LogP contribution < -0.4 is 16.4 Å². The number of halogens is 2. The molecule has 0 saturated carbocycles. The Morgan fingerprint density at radius 3 is 2.39 bits per heavy atom. The number of nitrogen functional groups attached to an aromatic ring is 1. The lowest BCUT2D eigenvalue weighted by Crippen LogP contribution is -2.21. The van der Waals surface area contributed by atoms with Gasteiger partial charge in [-0.3, -0.25) is 9.59 Å². The van der Waals surface area contributed by atoms with Crippen LogP contribution in [0.3, 0.4) is 0 Å². The summed E-state index contributed by atoms with van der Waals surface area (Å²) in [4.78, 5) is 28.3. The zero-order valence-electron chi connectivity index (χ0n) is 16.7. The van der Waals surface area contributed by atoms with Crippen LogP contribution in [0.5, 0.6) is 0 Å². The highest BCUT2D eigenvalue weighted by Gasteiger charge is 2.20. The van der Waals surface area contributed by atoms with E-state index in [1.165, 1.54) is 13.2 Å². The summed E-state index contributed by atoms with van der Waals surface area (Å²) in [7, 11) is 1.49. The molecule has 0 bridgehead atoms. The van der Waals surface area contributed by atoms with Crippen LogP contribution >= 0.6 is 0 Å². The molecule has 31 heavy (non-hydrogen) atoms. The first kappa shape index (κ1) is 21.8. The second kappa shape index (κ2) is 8.88. The third kappa shape index (κ3) is 4.84. The number of aryl methyl sites for hydroxylation is 1. The van der Waals surface area contributed by atoms with Gasteiger partial charge in [0.25, 0.3) is 11.8 Å². The fraction of sp³-hybridized carbons (Fsp3) is 0.136. The number of pyridine rings is 1. The molecule has 3 aromatic rings. The third-order valence-corrected chi connectivity index (χ3v) is 4.64. The lowest BCUT2D eigenvalue weighted by molar-refractivity contribution is -0.124. The molecule has 2 amide bonds. The second-order valence-electron chi connectivity index (χ2n) is 6.86. The van der Waals surface area contributed by atoms with Crippen LogP contribution in [0.2, 0.25) is 0 Å². The van der Waals surface area contributed by atoms with E-state index in [1.807, 2.05) is 0 Å². The molecular formula is C22H20F2N4O3. The lowest BCUT2D eigenvalue weighted by atomic mass is 9.99. The molecule has 0 radical (unpaired) electrons. The summed E-state index contributed by atoms with van der Waals surface area (Å²) in [5.74, 6) is -2.89. The van der Waals surface area contributed by atoms with E-state index in [0.29, 0.717) is 17.3 Å². The molecule has 0 aliphatic heterocycles. The zero-order valence-corrected chi connectivity index (χ0v) is 16.7. The van der Waals surface area contributed by atoms with Gasteiger partial charge in [-0.1, -0.05) is 6.07 Å². The van der Waals surface area contributed by atoms with Gasteiger partial charge in [-0.15, -0.1) is 0 Å². The van der Waals surface area contributed by atoms with Gasteiger partial charge in [0.15, 0.2) is 6.10 Å². The van der Waals surface area contributed by atoms with Crippen LogP contribution in [0.1, 0.15) is 27.6 Å². The summed E-state index contributed by atoms with van der Waals surface area (Å²) < 4.78 is 26.7. The quantitative estimate of drug-likeness (QED) is 0.500. The number of nitrogens with two attached hydrogens (primary N) is 1. The number of aromatic nitrogens is 1. The fourth-order valence-corrected chi connectivity index (χ4v) is 3.10. The molecule has 0 spiro atoms. The van der Waals surface area contributed by atoms with E-state index < -0.39 is 23.6 Å². The van der Waals surface area contributed by atoms with Crippen LogP contribution in [-0.4, -0.2) is 29.0 Å². The Morgan fingerprint density at radius 1 is 1.10 bits per heavy atom. The Morgan fingerprint density at radius 2 is 1.77 bits per heavy atom. The van der Waals surface area contributed by atoms with Gasteiger partial charge in [0, 0.05) is 30.6 Å². The number of anilines is 2.